The number of rotatable bonds is 3. The minimum atomic E-state index is 0.139. The summed E-state index contributed by atoms with van der Waals surface area (Å²) in [7, 11) is 0. The lowest BCUT2D eigenvalue weighted by atomic mass is 10.0. The number of benzene rings is 1. The third-order valence-electron chi connectivity index (χ3n) is 3.02. The Morgan fingerprint density at radius 3 is 2.24 bits per heavy atom. The van der Waals surface area contributed by atoms with Crippen LogP contribution in [0.5, 0.6) is 0 Å². The van der Waals surface area contributed by atoms with Crippen molar-refractivity contribution in [3.63, 3.8) is 0 Å². The van der Waals surface area contributed by atoms with Gasteiger partial charge >= 0.3 is 0 Å². The van der Waals surface area contributed by atoms with E-state index in [4.69, 9.17) is 5.73 Å². The zero-order valence-corrected chi connectivity index (χ0v) is 10.4. The average molecular weight is 226 g/mol. The van der Waals surface area contributed by atoms with Crippen LogP contribution in [0.25, 0.3) is 11.1 Å². The molecule has 0 aliphatic rings. The quantitative estimate of drug-likeness (QED) is 0.870. The monoisotopic (exact) mass is 226 g/mol. The molecule has 1 aromatic heterocycles. The van der Waals surface area contributed by atoms with Crippen LogP contribution >= 0.6 is 0 Å². The molecule has 0 aliphatic carbocycles. The van der Waals surface area contributed by atoms with Gasteiger partial charge in [0.25, 0.3) is 0 Å². The maximum absolute atomic E-state index is 5.99. The number of hydrogen-bond donors (Lipinski definition) is 1. The summed E-state index contributed by atoms with van der Waals surface area (Å²) in [4.78, 5) is 4.30. The van der Waals surface area contributed by atoms with E-state index in [2.05, 4.69) is 42.2 Å². The fourth-order valence-electron chi connectivity index (χ4n) is 1.80. The topological polar surface area (TPSA) is 38.9 Å². The van der Waals surface area contributed by atoms with Crippen LogP contribution < -0.4 is 5.73 Å². The average Bonchev–Trinajstić information content (AvgIpc) is 2.39. The van der Waals surface area contributed by atoms with Crippen molar-refractivity contribution in [1.82, 2.24) is 4.98 Å². The maximum atomic E-state index is 5.99. The van der Waals surface area contributed by atoms with Gasteiger partial charge in [0.1, 0.15) is 0 Å². The molecule has 2 N–H and O–H groups in total. The second-order valence-electron chi connectivity index (χ2n) is 4.33. The molecule has 0 bridgehead atoms. The largest absolute Gasteiger partial charge is 0.324 e. The first kappa shape index (κ1) is 11.8. The number of pyridine rings is 1. The summed E-state index contributed by atoms with van der Waals surface area (Å²) in [5, 5.41) is 0. The Balaban J connectivity index is 2.26. The molecule has 0 amide bonds. The molecule has 0 spiro atoms. The van der Waals surface area contributed by atoms with Crippen molar-refractivity contribution in [1.29, 1.82) is 0 Å². The molecular formula is C15H18N2. The molecule has 0 saturated carbocycles. The number of nitrogens with two attached hydrogens (primary N) is 1. The summed E-state index contributed by atoms with van der Waals surface area (Å²) in [6.45, 7) is 4.09. The summed E-state index contributed by atoms with van der Waals surface area (Å²) in [5.41, 5.74) is 10.6. The van der Waals surface area contributed by atoms with Gasteiger partial charge in [0.2, 0.25) is 0 Å². The van der Waals surface area contributed by atoms with E-state index in [1.165, 1.54) is 11.1 Å². The molecular weight excluding hydrogens is 208 g/mol. The van der Waals surface area contributed by atoms with Crippen LogP contribution in [0.3, 0.4) is 0 Å². The normalized spacial score (nSPS) is 12.4. The van der Waals surface area contributed by atoms with E-state index in [9.17, 15) is 0 Å². The van der Waals surface area contributed by atoms with Gasteiger partial charge in [0.15, 0.2) is 0 Å². The highest BCUT2D eigenvalue weighted by Gasteiger charge is 2.03. The summed E-state index contributed by atoms with van der Waals surface area (Å²) >= 11 is 0. The number of aryl methyl sites for hydroxylation is 1. The Hall–Kier alpha value is -1.67. The summed E-state index contributed by atoms with van der Waals surface area (Å²) < 4.78 is 0. The van der Waals surface area contributed by atoms with Crippen molar-refractivity contribution < 1.29 is 0 Å². The van der Waals surface area contributed by atoms with E-state index in [0.717, 1.165) is 17.7 Å². The fourth-order valence-corrected chi connectivity index (χ4v) is 1.80. The van der Waals surface area contributed by atoms with Crippen LogP contribution in [0.1, 0.15) is 30.6 Å². The molecule has 88 valence electrons. The van der Waals surface area contributed by atoms with Gasteiger partial charge in [-0.2, -0.15) is 0 Å². The van der Waals surface area contributed by atoms with E-state index in [1.54, 1.807) is 0 Å². The summed E-state index contributed by atoms with van der Waals surface area (Å²) in [5.74, 6) is 0. The van der Waals surface area contributed by atoms with Crippen molar-refractivity contribution in [3.05, 3.63) is 53.9 Å². The first-order chi connectivity index (χ1) is 8.20. The summed E-state index contributed by atoms with van der Waals surface area (Å²) in [6, 6.07) is 12.7. The highest BCUT2D eigenvalue weighted by atomic mass is 14.7. The third kappa shape index (κ3) is 2.71. The SMILES string of the molecule is CCC(N)c1ccc(-c2ccc(C)nc2)cc1. The first-order valence-electron chi connectivity index (χ1n) is 5.99. The van der Waals surface area contributed by atoms with Crippen molar-refractivity contribution >= 4 is 0 Å². The lowest BCUT2D eigenvalue weighted by molar-refractivity contribution is 0.699. The maximum Gasteiger partial charge on any atom is 0.0373 e. The van der Waals surface area contributed by atoms with Crippen molar-refractivity contribution in [2.75, 3.05) is 0 Å². The molecule has 17 heavy (non-hydrogen) atoms. The minimum Gasteiger partial charge on any atom is -0.324 e. The van der Waals surface area contributed by atoms with Crippen molar-refractivity contribution in [2.24, 2.45) is 5.73 Å². The van der Waals surface area contributed by atoms with Gasteiger partial charge in [-0.05, 0) is 30.5 Å². The van der Waals surface area contributed by atoms with Crippen molar-refractivity contribution in [2.45, 2.75) is 26.3 Å². The van der Waals surface area contributed by atoms with E-state index in [0.29, 0.717) is 0 Å². The lowest BCUT2D eigenvalue weighted by Crippen LogP contribution is -2.08. The number of aromatic nitrogens is 1. The Labute approximate surface area is 103 Å². The van der Waals surface area contributed by atoms with Crippen LogP contribution in [0.15, 0.2) is 42.6 Å². The molecule has 2 nitrogen and oxygen atoms in total. The molecule has 2 heteroatoms. The van der Waals surface area contributed by atoms with Gasteiger partial charge in [-0.15, -0.1) is 0 Å². The van der Waals surface area contributed by atoms with E-state index in [1.807, 2.05) is 19.2 Å². The molecule has 1 unspecified atom stereocenters. The van der Waals surface area contributed by atoms with Gasteiger partial charge in [0.05, 0.1) is 0 Å². The lowest BCUT2D eigenvalue weighted by Gasteiger charge is -2.10. The molecule has 0 aliphatic heterocycles. The predicted molar refractivity (Wildman–Crippen MR) is 71.6 cm³/mol. The van der Waals surface area contributed by atoms with Crippen LogP contribution in [0, 0.1) is 6.92 Å². The van der Waals surface area contributed by atoms with Crippen LogP contribution in [0.4, 0.5) is 0 Å². The second kappa shape index (κ2) is 5.11. The van der Waals surface area contributed by atoms with E-state index in [-0.39, 0.29) is 6.04 Å². The Morgan fingerprint density at radius 2 is 1.71 bits per heavy atom. The molecule has 1 heterocycles. The molecule has 2 rings (SSSR count). The zero-order valence-electron chi connectivity index (χ0n) is 10.4. The number of nitrogens with zero attached hydrogens (tertiary/aromatic N) is 1. The highest BCUT2D eigenvalue weighted by Crippen LogP contribution is 2.21. The Bertz CT molecular complexity index is 471. The van der Waals surface area contributed by atoms with Crippen LogP contribution in [-0.2, 0) is 0 Å². The molecule has 0 saturated heterocycles. The molecule has 1 atom stereocenters. The van der Waals surface area contributed by atoms with Gasteiger partial charge in [-0.3, -0.25) is 4.98 Å². The highest BCUT2D eigenvalue weighted by molar-refractivity contribution is 5.62. The molecule has 0 radical (unpaired) electrons. The fraction of sp³-hybridized carbons (Fsp3) is 0.267. The van der Waals surface area contributed by atoms with Crippen molar-refractivity contribution in [3.8, 4) is 11.1 Å². The van der Waals surface area contributed by atoms with Gasteiger partial charge in [-0.25, -0.2) is 0 Å². The van der Waals surface area contributed by atoms with Gasteiger partial charge < -0.3 is 5.73 Å². The molecule has 2 aromatic rings. The summed E-state index contributed by atoms with van der Waals surface area (Å²) in [6.07, 6.45) is 2.87. The van der Waals surface area contributed by atoms with Gasteiger partial charge in [0, 0.05) is 23.5 Å². The Morgan fingerprint density at radius 1 is 1.06 bits per heavy atom. The van der Waals surface area contributed by atoms with Gasteiger partial charge in [-0.1, -0.05) is 37.3 Å². The minimum absolute atomic E-state index is 0.139. The predicted octanol–water partition coefficient (Wildman–Crippen LogP) is 3.47. The second-order valence-corrected chi connectivity index (χ2v) is 4.33. The van der Waals surface area contributed by atoms with Crippen LogP contribution in [0.2, 0.25) is 0 Å². The smallest absolute Gasteiger partial charge is 0.0373 e. The molecule has 1 aromatic carbocycles. The standard InChI is InChI=1S/C15H18N2/c1-3-15(16)13-8-6-12(7-9-13)14-5-4-11(2)17-10-14/h4-10,15H,3,16H2,1-2H3. The Kier molecular flexibility index (Phi) is 3.55. The van der Waals surface area contributed by atoms with Crippen LogP contribution in [-0.4, -0.2) is 4.98 Å². The third-order valence-corrected chi connectivity index (χ3v) is 3.02. The van der Waals surface area contributed by atoms with E-state index < -0.39 is 0 Å². The number of hydrogen-bond acceptors (Lipinski definition) is 2. The first-order valence-corrected chi connectivity index (χ1v) is 5.99. The molecule has 0 fully saturated rings. The zero-order chi connectivity index (χ0) is 12.3. The van der Waals surface area contributed by atoms with E-state index >= 15 is 0 Å².